The van der Waals surface area contributed by atoms with Crippen LogP contribution in [0.1, 0.15) is 27.6 Å². The predicted molar refractivity (Wildman–Crippen MR) is 116 cm³/mol. The highest BCUT2D eigenvalue weighted by molar-refractivity contribution is 6.05. The van der Waals surface area contributed by atoms with Crippen LogP contribution in [-0.2, 0) is 4.74 Å². The Morgan fingerprint density at radius 2 is 1.70 bits per heavy atom. The predicted octanol–water partition coefficient (Wildman–Crippen LogP) is 2.74. The van der Waals surface area contributed by atoms with Crippen LogP contribution in [0, 0.1) is 0 Å². The molecule has 160 valence electrons. The van der Waals surface area contributed by atoms with E-state index in [1.807, 2.05) is 11.8 Å². The lowest BCUT2D eigenvalue weighted by Crippen LogP contribution is -2.47. The third kappa shape index (κ3) is 6.05. The van der Waals surface area contributed by atoms with Crippen LogP contribution in [-0.4, -0.2) is 74.7 Å². The molecule has 0 bridgehead atoms. The average molecular weight is 412 g/mol. The molecule has 1 aliphatic rings. The van der Waals surface area contributed by atoms with E-state index in [1.165, 1.54) is 0 Å². The molecule has 3 rings (SSSR count). The number of ether oxygens (including phenoxy) is 2. The topological polar surface area (TPSA) is 71.1 Å². The molecule has 0 saturated carbocycles. The standard InChI is InChI=1S/C23H29N3O4/c1-3-29-14-15-30-21-9-5-6-18(17-21)22(27)24-20-8-4-7-19(16-20)23(28)26-12-10-25(2)11-13-26/h4-9,16-17H,3,10-15H2,1-2H3,(H,24,27). The molecule has 2 aromatic rings. The molecule has 1 aliphatic heterocycles. The van der Waals surface area contributed by atoms with Crippen molar-refractivity contribution in [2.24, 2.45) is 0 Å². The van der Waals surface area contributed by atoms with Gasteiger partial charge >= 0.3 is 0 Å². The van der Waals surface area contributed by atoms with Gasteiger partial charge < -0.3 is 24.6 Å². The molecular formula is C23H29N3O4. The zero-order valence-corrected chi connectivity index (χ0v) is 17.6. The van der Waals surface area contributed by atoms with Crippen molar-refractivity contribution in [3.05, 3.63) is 59.7 Å². The number of rotatable bonds is 8. The van der Waals surface area contributed by atoms with Crippen molar-refractivity contribution < 1.29 is 19.1 Å². The van der Waals surface area contributed by atoms with Crippen LogP contribution in [0.4, 0.5) is 5.69 Å². The Hall–Kier alpha value is -2.90. The van der Waals surface area contributed by atoms with Gasteiger partial charge in [-0.15, -0.1) is 0 Å². The Bertz CT molecular complexity index is 863. The van der Waals surface area contributed by atoms with E-state index in [0.29, 0.717) is 55.5 Å². The van der Waals surface area contributed by atoms with Crippen molar-refractivity contribution in [2.45, 2.75) is 6.92 Å². The summed E-state index contributed by atoms with van der Waals surface area (Å²) < 4.78 is 10.9. The van der Waals surface area contributed by atoms with Crippen molar-refractivity contribution in [1.29, 1.82) is 0 Å². The summed E-state index contributed by atoms with van der Waals surface area (Å²) in [6.45, 7) is 6.65. The maximum Gasteiger partial charge on any atom is 0.255 e. The number of anilines is 1. The number of carbonyl (C=O) groups excluding carboxylic acids is 2. The molecule has 0 unspecified atom stereocenters. The van der Waals surface area contributed by atoms with Gasteiger partial charge in [-0.05, 0) is 50.4 Å². The number of hydrogen-bond acceptors (Lipinski definition) is 5. The molecule has 2 aromatic carbocycles. The van der Waals surface area contributed by atoms with Crippen LogP contribution >= 0.6 is 0 Å². The summed E-state index contributed by atoms with van der Waals surface area (Å²) in [7, 11) is 2.05. The van der Waals surface area contributed by atoms with Gasteiger partial charge in [0.15, 0.2) is 0 Å². The molecule has 0 aliphatic carbocycles. The first-order valence-corrected chi connectivity index (χ1v) is 10.3. The molecule has 1 saturated heterocycles. The van der Waals surface area contributed by atoms with Crippen LogP contribution in [0.5, 0.6) is 5.75 Å². The highest BCUT2D eigenvalue weighted by atomic mass is 16.5. The van der Waals surface area contributed by atoms with Gasteiger partial charge in [0, 0.05) is 49.6 Å². The zero-order valence-electron chi connectivity index (χ0n) is 17.6. The maximum atomic E-state index is 12.8. The van der Waals surface area contributed by atoms with E-state index >= 15 is 0 Å². The summed E-state index contributed by atoms with van der Waals surface area (Å²) >= 11 is 0. The first-order chi connectivity index (χ1) is 14.6. The lowest BCUT2D eigenvalue weighted by atomic mass is 10.1. The molecule has 7 nitrogen and oxygen atoms in total. The fourth-order valence-corrected chi connectivity index (χ4v) is 3.22. The highest BCUT2D eigenvalue weighted by Gasteiger charge is 2.20. The summed E-state index contributed by atoms with van der Waals surface area (Å²) in [6.07, 6.45) is 0. The minimum Gasteiger partial charge on any atom is -0.491 e. The largest absolute Gasteiger partial charge is 0.491 e. The van der Waals surface area contributed by atoms with Gasteiger partial charge in [-0.1, -0.05) is 12.1 Å². The zero-order chi connectivity index (χ0) is 21.3. The molecule has 2 amide bonds. The van der Waals surface area contributed by atoms with Gasteiger partial charge in [-0.25, -0.2) is 0 Å². The summed E-state index contributed by atoms with van der Waals surface area (Å²) in [4.78, 5) is 29.5. The van der Waals surface area contributed by atoms with Crippen LogP contribution in [0.2, 0.25) is 0 Å². The normalized spacial score (nSPS) is 14.4. The van der Waals surface area contributed by atoms with E-state index in [9.17, 15) is 9.59 Å². The Labute approximate surface area is 177 Å². The van der Waals surface area contributed by atoms with Crippen molar-refractivity contribution in [3.63, 3.8) is 0 Å². The van der Waals surface area contributed by atoms with Crippen molar-refractivity contribution in [1.82, 2.24) is 9.80 Å². The highest BCUT2D eigenvalue weighted by Crippen LogP contribution is 2.17. The first kappa shape index (κ1) is 21.8. The molecule has 0 atom stereocenters. The maximum absolute atomic E-state index is 12.8. The second kappa shape index (κ2) is 10.8. The molecule has 0 spiro atoms. The fourth-order valence-electron chi connectivity index (χ4n) is 3.22. The Morgan fingerprint density at radius 1 is 0.967 bits per heavy atom. The number of carbonyl (C=O) groups is 2. The van der Waals surface area contributed by atoms with Crippen molar-refractivity contribution >= 4 is 17.5 Å². The molecule has 0 aromatic heterocycles. The number of amides is 2. The van der Waals surface area contributed by atoms with Crippen molar-refractivity contribution in [3.8, 4) is 5.75 Å². The van der Waals surface area contributed by atoms with E-state index in [4.69, 9.17) is 9.47 Å². The number of piperazine rings is 1. The molecule has 1 heterocycles. The Kier molecular flexibility index (Phi) is 7.82. The van der Waals surface area contributed by atoms with Crippen molar-refractivity contribution in [2.75, 3.05) is 58.4 Å². The fraction of sp³-hybridized carbons (Fsp3) is 0.391. The van der Waals surface area contributed by atoms with Crippen LogP contribution in [0.3, 0.4) is 0 Å². The quantitative estimate of drug-likeness (QED) is 0.677. The van der Waals surface area contributed by atoms with Gasteiger partial charge in [0.25, 0.3) is 11.8 Å². The number of hydrogen-bond donors (Lipinski definition) is 1. The number of nitrogens with zero attached hydrogens (tertiary/aromatic N) is 2. The van der Waals surface area contributed by atoms with E-state index in [0.717, 1.165) is 13.1 Å². The lowest BCUT2D eigenvalue weighted by Gasteiger charge is -2.32. The van der Waals surface area contributed by atoms with Crippen LogP contribution < -0.4 is 10.1 Å². The van der Waals surface area contributed by atoms with Gasteiger partial charge in [0.05, 0.1) is 6.61 Å². The second-order valence-corrected chi connectivity index (χ2v) is 7.20. The van der Waals surface area contributed by atoms with E-state index in [1.54, 1.807) is 48.5 Å². The Balaban J connectivity index is 1.61. The molecule has 7 heteroatoms. The van der Waals surface area contributed by atoms with Crippen LogP contribution in [0.15, 0.2) is 48.5 Å². The lowest BCUT2D eigenvalue weighted by molar-refractivity contribution is 0.0664. The molecular weight excluding hydrogens is 382 g/mol. The smallest absolute Gasteiger partial charge is 0.255 e. The number of likely N-dealkylation sites (N-methyl/N-ethyl adjacent to an activating group) is 1. The number of benzene rings is 2. The molecule has 0 radical (unpaired) electrons. The molecule has 1 N–H and O–H groups in total. The van der Waals surface area contributed by atoms with Crippen LogP contribution in [0.25, 0.3) is 0 Å². The second-order valence-electron chi connectivity index (χ2n) is 7.20. The summed E-state index contributed by atoms with van der Waals surface area (Å²) in [5, 5.41) is 2.87. The molecule has 30 heavy (non-hydrogen) atoms. The number of nitrogens with one attached hydrogen (secondary N) is 1. The average Bonchev–Trinajstić information content (AvgIpc) is 2.77. The SMILES string of the molecule is CCOCCOc1cccc(C(=O)Nc2cccc(C(=O)N3CCN(C)CC3)c2)c1. The van der Waals surface area contributed by atoms with E-state index < -0.39 is 0 Å². The monoisotopic (exact) mass is 411 g/mol. The minimum atomic E-state index is -0.255. The Morgan fingerprint density at radius 3 is 2.47 bits per heavy atom. The van der Waals surface area contributed by atoms with Gasteiger partial charge in [0.1, 0.15) is 12.4 Å². The summed E-state index contributed by atoms with van der Waals surface area (Å²) in [5.41, 5.74) is 1.65. The third-order valence-corrected chi connectivity index (χ3v) is 4.95. The van der Waals surface area contributed by atoms with Gasteiger partial charge in [0.2, 0.25) is 0 Å². The summed E-state index contributed by atoms with van der Waals surface area (Å²) in [5.74, 6) is 0.347. The van der Waals surface area contributed by atoms with E-state index in [-0.39, 0.29) is 11.8 Å². The van der Waals surface area contributed by atoms with E-state index in [2.05, 4.69) is 17.3 Å². The molecule has 1 fully saturated rings. The minimum absolute atomic E-state index is 0.0103. The summed E-state index contributed by atoms with van der Waals surface area (Å²) in [6, 6.07) is 14.1. The first-order valence-electron chi connectivity index (χ1n) is 10.3. The van der Waals surface area contributed by atoms with Gasteiger partial charge in [-0.2, -0.15) is 0 Å². The third-order valence-electron chi connectivity index (χ3n) is 4.95. The van der Waals surface area contributed by atoms with Gasteiger partial charge in [-0.3, -0.25) is 9.59 Å².